The maximum atomic E-state index is 12.8. The topological polar surface area (TPSA) is 65.5 Å². The monoisotopic (exact) mass is 406 g/mol. The van der Waals surface area contributed by atoms with Crippen LogP contribution >= 0.6 is 11.3 Å². The normalized spacial score (nSPS) is 14.6. The first-order chi connectivity index (χ1) is 14.2. The molecule has 7 heteroatoms. The first-order valence-corrected chi connectivity index (χ1v) is 10.4. The second kappa shape index (κ2) is 8.98. The molecule has 0 aliphatic carbocycles. The SMILES string of the molecule is O=C(Nc1nc(C(=O)N2CCN(Cc3ccccc3)CC2)cs1)c1ccccc1. The highest BCUT2D eigenvalue weighted by molar-refractivity contribution is 7.14. The number of rotatable bonds is 5. The largest absolute Gasteiger partial charge is 0.335 e. The molecule has 2 heterocycles. The van der Waals surface area contributed by atoms with E-state index in [2.05, 4.69) is 27.3 Å². The van der Waals surface area contributed by atoms with Gasteiger partial charge in [0.15, 0.2) is 5.13 Å². The minimum absolute atomic E-state index is 0.0826. The predicted molar refractivity (Wildman–Crippen MR) is 114 cm³/mol. The van der Waals surface area contributed by atoms with Gasteiger partial charge >= 0.3 is 0 Å². The summed E-state index contributed by atoms with van der Waals surface area (Å²) in [6, 6.07) is 19.3. The van der Waals surface area contributed by atoms with Gasteiger partial charge in [0.1, 0.15) is 5.69 Å². The Hall–Kier alpha value is -3.03. The molecule has 0 unspecified atom stereocenters. The molecule has 1 saturated heterocycles. The van der Waals surface area contributed by atoms with Gasteiger partial charge in [0.2, 0.25) is 0 Å². The van der Waals surface area contributed by atoms with E-state index < -0.39 is 0 Å². The molecule has 1 aliphatic heterocycles. The molecule has 148 valence electrons. The standard InChI is InChI=1S/C22H22N4O2S/c27-20(18-9-5-2-6-10-18)24-22-23-19(16-29-22)21(28)26-13-11-25(12-14-26)15-17-7-3-1-4-8-17/h1-10,16H,11-15H2,(H,23,24,27). The zero-order valence-electron chi connectivity index (χ0n) is 16.0. The van der Waals surface area contributed by atoms with Crippen LogP contribution in [0.4, 0.5) is 5.13 Å². The second-order valence-corrected chi connectivity index (χ2v) is 7.77. The molecule has 29 heavy (non-hydrogen) atoms. The Morgan fingerprint density at radius 2 is 1.59 bits per heavy atom. The van der Waals surface area contributed by atoms with Crippen molar-refractivity contribution in [1.29, 1.82) is 0 Å². The molecule has 3 aromatic rings. The molecule has 1 aromatic heterocycles. The summed E-state index contributed by atoms with van der Waals surface area (Å²) in [5.74, 6) is -0.311. The van der Waals surface area contributed by atoms with Crippen molar-refractivity contribution >= 4 is 28.3 Å². The van der Waals surface area contributed by atoms with Crippen LogP contribution in [0.1, 0.15) is 26.4 Å². The number of carbonyl (C=O) groups excluding carboxylic acids is 2. The van der Waals surface area contributed by atoms with Crippen LogP contribution in [-0.4, -0.2) is 52.8 Å². The van der Waals surface area contributed by atoms with E-state index in [1.807, 2.05) is 41.3 Å². The minimum Gasteiger partial charge on any atom is -0.335 e. The molecule has 4 rings (SSSR count). The predicted octanol–water partition coefficient (Wildman–Crippen LogP) is 3.35. The van der Waals surface area contributed by atoms with Crippen LogP contribution in [0.5, 0.6) is 0 Å². The van der Waals surface area contributed by atoms with Crippen molar-refractivity contribution in [2.45, 2.75) is 6.54 Å². The van der Waals surface area contributed by atoms with E-state index >= 15 is 0 Å². The molecule has 1 N–H and O–H groups in total. The van der Waals surface area contributed by atoms with E-state index in [9.17, 15) is 9.59 Å². The highest BCUT2D eigenvalue weighted by Gasteiger charge is 2.24. The van der Waals surface area contributed by atoms with Crippen LogP contribution in [0.25, 0.3) is 0 Å². The Labute approximate surface area is 173 Å². The Morgan fingerprint density at radius 1 is 0.931 bits per heavy atom. The highest BCUT2D eigenvalue weighted by atomic mass is 32.1. The number of nitrogens with one attached hydrogen (secondary N) is 1. The van der Waals surface area contributed by atoms with Gasteiger partial charge in [-0.15, -0.1) is 11.3 Å². The van der Waals surface area contributed by atoms with Crippen molar-refractivity contribution in [2.75, 3.05) is 31.5 Å². The van der Waals surface area contributed by atoms with E-state index in [0.29, 0.717) is 29.5 Å². The molecular weight excluding hydrogens is 384 g/mol. The lowest BCUT2D eigenvalue weighted by molar-refractivity contribution is 0.0623. The average Bonchev–Trinajstić information content (AvgIpc) is 3.23. The summed E-state index contributed by atoms with van der Waals surface area (Å²) in [6.45, 7) is 3.92. The summed E-state index contributed by atoms with van der Waals surface area (Å²) < 4.78 is 0. The first kappa shape index (κ1) is 19.3. The van der Waals surface area contributed by atoms with Gasteiger partial charge in [-0.2, -0.15) is 0 Å². The summed E-state index contributed by atoms with van der Waals surface area (Å²) in [5, 5.41) is 4.90. The Balaban J connectivity index is 1.31. The third-order valence-electron chi connectivity index (χ3n) is 4.89. The Kier molecular flexibility index (Phi) is 5.97. The van der Waals surface area contributed by atoms with Crippen LogP contribution in [-0.2, 0) is 6.54 Å². The number of hydrogen-bond acceptors (Lipinski definition) is 5. The molecule has 2 aromatic carbocycles. The van der Waals surface area contributed by atoms with E-state index in [4.69, 9.17) is 0 Å². The van der Waals surface area contributed by atoms with Crippen molar-refractivity contribution < 1.29 is 9.59 Å². The van der Waals surface area contributed by atoms with Gasteiger partial charge in [0.05, 0.1) is 0 Å². The fourth-order valence-electron chi connectivity index (χ4n) is 3.30. The fraction of sp³-hybridized carbons (Fsp3) is 0.227. The summed E-state index contributed by atoms with van der Waals surface area (Å²) >= 11 is 1.27. The minimum atomic E-state index is -0.228. The summed E-state index contributed by atoms with van der Waals surface area (Å²) in [5.41, 5.74) is 2.23. The number of hydrogen-bond donors (Lipinski definition) is 1. The number of benzene rings is 2. The van der Waals surface area contributed by atoms with Crippen LogP contribution in [0, 0.1) is 0 Å². The molecule has 1 aliphatic rings. The average molecular weight is 407 g/mol. The number of thiazole rings is 1. The van der Waals surface area contributed by atoms with Crippen LogP contribution in [0.2, 0.25) is 0 Å². The van der Waals surface area contributed by atoms with Gasteiger partial charge in [0, 0.05) is 43.7 Å². The zero-order valence-corrected chi connectivity index (χ0v) is 16.8. The lowest BCUT2D eigenvalue weighted by atomic mass is 10.2. The fourth-order valence-corrected chi connectivity index (χ4v) is 3.98. The molecule has 2 amide bonds. The lowest BCUT2D eigenvalue weighted by Crippen LogP contribution is -2.48. The zero-order chi connectivity index (χ0) is 20.1. The third kappa shape index (κ3) is 4.88. The van der Waals surface area contributed by atoms with Crippen LogP contribution in [0.3, 0.4) is 0 Å². The van der Waals surface area contributed by atoms with E-state index in [1.165, 1.54) is 16.9 Å². The van der Waals surface area contributed by atoms with Crippen LogP contribution in [0.15, 0.2) is 66.0 Å². The van der Waals surface area contributed by atoms with Gasteiger partial charge in [-0.1, -0.05) is 48.5 Å². The number of nitrogens with zero attached hydrogens (tertiary/aromatic N) is 3. The van der Waals surface area contributed by atoms with Crippen molar-refractivity contribution in [3.05, 3.63) is 82.9 Å². The van der Waals surface area contributed by atoms with Crippen molar-refractivity contribution in [1.82, 2.24) is 14.8 Å². The van der Waals surface area contributed by atoms with Gasteiger partial charge in [0.25, 0.3) is 11.8 Å². The van der Waals surface area contributed by atoms with Crippen LogP contribution < -0.4 is 5.32 Å². The third-order valence-corrected chi connectivity index (χ3v) is 5.65. The van der Waals surface area contributed by atoms with E-state index in [0.717, 1.165) is 19.6 Å². The van der Waals surface area contributed by atoms with Crippen molar-refractivity contribution in [3.8, 4) is 0 Å². The summed E-state index contributed by atoms with van der Waals surface area (Å²) in [6.07, 6.45) is 0. The molecule has 6 nitrogen and oxygen atoms in total. The van der Waals surface area contributed by atoms with Gasteiger partial charge in [-0.3, -0.25) is 19.8 Å². The lowest BCUT2D eigenvalue weighted by Gasteiger charge is -2.34. The Bertz CT molecular complexity index is 967. The van der Waals surface area contributed by atoms with Gasteiger partial charge in [-0.05, 0) is 17.7 Å². The van der Waals surface area contributed by atoms with Gasteiger partial charge in [-0.25, -0.2) is 4.98 Å². The number of aromatic nitrogens is 1. The van der Waals surface area contributed by atoms with E-state index in [1.54, 1.807) is 17.5 Å². The Morgan fingerprint density at radius 3 is 2.28 bits per heavy atom. The number of amides is 2. The summed E-state index contributed by atoms with van der Waals surface area (Å²) in [4.78, 5) is 33.5. The quantitative estimate of drug-likeness (QED) is 0.706. The maximum absolute atomic E-state index is 12.8. The molecular formula is C22H22N4O2S. The van der Waals surface area contributed by atoms with Crippen molar-refractivity contribution in [3.63, 3.8) is 0 Å². The van der Waals surface area contributed by atoms with Gasteiger partial charge < -0.3 is 4.90 Å². The molecule has 1 fully saturated rings. The molecule has 0 atom stereocenters. The molecule has 0 spiro atoms. The number of piperazine rings is 1. The smallest absolute Gasteiger partial charge is 0.273 e. The number of anilines is 1. The molecule has 0 radical (unpaired) electrons. The second-order valence-electron chi connectivity index (χ2n) is 6.91. The first-order valence-electron chi connectivity index (χ1n) is 9.56. The maximum Gasteiger partial charge on any atom is 0.273 e. The summed E-state index contributed by atoms with van der Waals surface area (Å²) in [7, 11) is 0. The number of carbonyl (C=O) groups is 2. The van der Waals surface area contributed by atoms with E-state index in [-0.39, 0.29) is 11.8 Å². The molecule has 0 bridgehead atoms. The van der Waals surface area contributed by atoms with Crippen molar-refractivity contribution in [2.24, 2.45) is 0 Å². The highest BCUT2D eigenvalue weighted by Crippen LogP contribution is 2.19. The molecule has 0 saturated carbocycles.